The first kappa shape index (κ1) is 34.6. The van der Waals surface area contributed by atoms with Gasteiger partial charge in [0.15, 0.2) is 17.5 Å². The summed E-state index contributed by atoms with van der Waals surface area (Å²) in [5, 5.41) is 2.08. The second kappa shape index (κ2) is 13.4. The van der Waals surface area contributed by atoms with Crippen LogP contribution in [0.3, 0.4) is 0 Å². The highest BCUT2D eigenvalue weighted by Gasteiger charge is 2.50. The number of rotatable bonds is 4. The van der Waals surface area contributed by atoms with Crippen LogP contribution in [0, 0.1) is 0 Å². The van der Waals surface area contributed by atoms with E-state index >= 15 is 0 Å². The topological polar surface area (TPSA) is 51.8 Å². The first-order chi connectivity index (χ1) is 30.8. The van der Waals surface area contributed by atoms with Gasteiger partial charge in [0.2, 0.25) is 0 Å². The van der Waals surface area contributed by atoms with E-state index in [9.17, 15) is 0 Å². The van der Waals surface area contributed by atoms with E-state index in [1.165, 1.54) is 50.1 Å². The quantitative estimate of drug-likeness (QED) is 0.178. The number of nitrogens with zero attached hydrogens (tertiary/aromatic N) is 3. The first-order valence-corrected chi connectivity index (χ1v) is 21.1. The molecule has 1 spiro atoms. The van der Waals surface area contributed by atoms with Crippen LogP contribution in [0.15, 0.2) is 217 Å². The van der Waals surface area contributed by atoms with Gasteiger partial charge in [-0.25, -0.2) is 15.0 Å². The maximum Gasteiger partial charge on any atom is 0.167 e. The highest BCUT2D eigenvalue weighted by molar-refractivity contribution is 6.09. The lowest BCUT2D eigenvalue weighted by Gasteiger charge is -2.35. The van der Waals surface area contributed by atoms with Crippen LogP contribution >= 0.6 is 0 Å². The van der Waals surface area contributed by atoms with E-state index in [1.54, 1.807) is 0 Å². The van der Waals surface area contributed by atoms with E-state index in [-0.39, 0.29) is 0 Å². The molecule has 0 saturated carbocycles. The average molecular weight is 790 g/mol. The van der Waals surface area contributed by atoms with Crippen LogP contribution < -0.4 is 0 Å². The number of benzene rings is 9. The van der Waals surface area contributed by atoms with Crippen molar-refractivity contribution in [1.29, 1.82) is 0 Å². The standard InChI is InChI=1S/C58H35N3O/c1-2-16-36(17-3-1)37-32-34-38(35-33-37)55-59-56(61-57(60-55)47-26-14-24-44-43-22-9-13-31-52(43)62-54(44)47)46-25-15-30-51-53(46)45-23-8-12-29-50(45)58(51)48-27-10-6-20-41(48)39-18-4-5-19-40(39)42-21-7-11-28-49(42)58/h1-35H. The average Bonchev–Trinajstić information content (AvgIpc) is 3.85. The summed E-state index contributed by atoms with van der Waals surface area (Å²) in [5.74, 6) is 1.75. The summed E-state index contributed by atoms with van der Waals surface area (Å²) < 4.78 is 6.59. The molecule has 2 aliphatic rings. The molecule has 2 heterocycles. The van der Waals surface area contributed by atoms with E-state index in [0.717, 1.165) is 55.3 Å². The summed E-state index contributed by atoms with van der Waals surface area (Å²) in [7, 11) is 0. The van der Waals surface area contributed by atoms with E-state index in [0.29, 0.717) is 17.5 Å². The Morgan fingerprint density at radius 3 is 1.45 bits per heavy atom. The molecule has 0 amide bonds. The van der Waals surface area contributed by atoms with Gasteiger partial charge in [0, 0.05) is 21.9 Å². The Hall–Kier alpha value is -8.21. The summed E-state index contributed by atoms with van der Waals surface area (Å²) in [6, 6.07) is 75.8. The highest BCUT2D eigenvalue weighted by Crippen LogP contribution is 2.62. The van der Waals surface area contributed by atoms with Gasteiger partial charge >= 0.3 is 0 Å². The Balaban J connectivity index is 1.09. The Labute approximate surface area is 358 Å². The fraction of sp³-hybridized carbons (Fsp3) is 0.0172. The van der Waals surface area contributed by atoms with Crippen molar-refractivity contribution in [2.24, 2.45) is 0 Å². The fourth-order valence-electron chi connectivity index (χ4n) is 10.4. The molecule has 0 N–H and O–H groups in total. The number of aromatic nitrogens is 3. The molecule has 2 aromatic heterocycles. The minimum atomic E-state index is -0.625. The molecular formula is C58H35N3O. The van der Waals surface area contributed by atoms with Gasteiger partial charge in [0.1, 0.15) is 11.2 Å². The molecule has 0 fully saturated rings. The molecule has 0 saturated heterocycles. The second-order valence-electron chi connectivity index (χ2n) is 16.2. The Morgan fingerprint density at radius 2 is 0.742 bits per heavy atom. The molecule has 11 aromatic rings. The minimum absolute atomic E-state index is 0.556. The number of furan rings is 1. The normalized spacial score (nSPS) is 13.0. The SMILES string of the molecule is c1ccc(-c2ccc(-c3nc(-c4cccc5c4-c4ccccc4C54c5ccccc5-c5ccccc5-c5ccccc54)nc(-c4cccc5c4oc4ccccc45)n3)cc2)cc1. The lowest BCUT2D eigenvalue weighted by molar-refractivity contribution is 0.669. The molecule has 9 aromatic carbocycles. The summed E-state index contributed by atoms with van der Waals surface area (Å²) in [6.07, 6.45) is 0. The third-order valence-corrected chi connectivity index (χ3v) is 13.0. The Kier molecular flexibility index (Phi) is 7.49. The van der Waals surface area contributed by atoms with Crippen molar-refractivity contribution < 1.29 is 4.42 Å². The second-order valence-corrected chi connectivity index (χ2v) is 16.2. The smallest absolute Gasteiger partial charge is 0.167 e. The number of hydrogen-bond acceptors (Lipinski definition) is 4. The minimum Gasteiger partial charge on any atom is -0.455 e. The van der Waals surface area contributed by atoms with Crippen molar-refractivity contribution in [2.75, 3.05) is 0 Å². The molecule has 0 unspecified atom stereocenters. The van der Waals surface area contributed by atoms with E-state index in [1.807, 2.05) is 24.3 Å². The van der Waals surface area contributed by atoms with Crippen molar-refractivity contribution >= 4 is 21.9 Å². The van der Waals surface area contributed by atoms with E-state index < -0.39 is 5.41 Å². The molecular weight excluding hydrogens is 755 g/mol. The lowest BCUT2D eigenvalue weighted by atomic mass is 9.66. The molecule has 13 rings (SSSR count). The van der Waals surface area contributed by atoms with Crippen LogP contribution in [0.25, 0.3) is 101 Å². The number of para-hydroxylation sites is 2. The Morgan fingerprint density at radius 1 is 0.290 bits per heavy atom. The van der Waals surface area contributed by atoms with Crippen LogP contribution in [-0.4, -0.2) is 15.0 Å². The number of fused-ring (bicyclic) bond motifs is 15. The first-order valence-electron chi connectivity index (χ1n) is 21.1. The van der Waals surface area contributed by atoms with Crippen molar-refractivity contribution in [3.8, 4) is 78.7 Å². The molecule has 288 valence electrons. The maximum atomic E-state index is 6.59. The zero-order valence-electron chi connectivity index (χ0n) is 33.5. The fourth-order valence-corrected chi connectivity index (χ4v) is 10.4. The number of hydrogen-bond donors (Lipinski definition) is 0. The van der Waals surface area contributed by atoms with E-state index in [4.69, 9.17) is 19.4 Å². The predicted octanol–water partition coefficient (Wildman–Crippen LogP) is 14.4. The van der Waals surface area contributed by atoms with Gasteiger partial charge in [-0.05, 0) is 78.9 Å². The van der Waals surface area contributed by atoms with Crippen LogP contribution in [0.1, 0.15) is 22.3 Å². The summed E-state index contributed by atoms with van der Waals surface area (Å²) in [5.41, 5.74) is 18.1. The van der Waals surface area contributed by atoms with Crippen LogP contribution in [0.5, 0.6) is 0 Å². The zero-order chi connectivity index (χ0) is 40.8. The van der Waals surface area contributed by atoms with Crippen LogP contribution in [0.4, 0.5) is 0 Å². The molecule has 62 heavy (non-hydrogen) atoms. The predicted molar refractivity (Wildman–Crippen MR) is 251 cm³/mol. The zero-order valence-corrected chi connectivity index (χ0v) is 33.5. The third kappa shape index (κ3) is 4.92. The Bertz CT molecular complexity index is 3520. The summed E-state index contributed by atoms with van der Waals surface area (Å²) >= 11 is 0. The van der Waals surface area contributed by atoms with Gasteiger partial charge in [0.05, 0.1) is 11.0 Å². The monoisotopic (exact) mass is 789 g/mol. The summed E-state index contributed by atoms with van der Waals surface area (Å²) in [6.45, 7) is 0. The molecule has 4 nitrogen and oxygen atoms in total. The van der Waals surface area contributed by atoms with Crippen LogP contribution in [-0.2, 0) is 5.41 Å². The van der Waals surface area contributed by atoms with Gasteiger partial charge < -0.3 is 4.42 Å². The van der Waals surface area contributed by atoms with Gasteiger partial charge in [0.25, 0.3) is 0 Å². The molecule has 4 heteroatoms. The molecule has 2 aliphatic carbocycles. The molecule has 0 bridgehead atoms. The van der Waals surface area contributed by atoms with Gasteiger partial charge in [-0.1, -0.05) is 200 Å². The highest BCUT2D eigenvalue weighted by atomic mass is 16.3. The van der Waals surface area contributed by atoms with Gasteiger partial charge in [-0.3, -0.25) is 0 Å². The van der Waals surface area contributed by atoms with Crippen LogP contribution in [0.2, 0.25) is 0 Å². The molecule has 0 atom stereocenters. The largest absolute Gasteiger partial charge is 0.455 e. The maximum absolute atomic E-state index is 6.59. The van der Waals surface area contributed by atoms with E-state index in [2.05, 4.69) is 188 Å². The molecule has 0 radical (unpaired) electrons. The van der Waals surface area contributed by atoms with Crippen molar-refractivity contribution in [3.05, 3.63) is 235 Å². The third-order valence-electron chi connectivity index (χ3n) is 13.0. The van der Waals surface area contributed by atoms with Crippen molar-refractivity contribution in [2.45, 2.75) is 5.41 Å². The molecule has 0 aliphatic heterocycles. The lowest BCUT2D eigenvalue weighted by Crippen LogP contribution is -2.29. The van der Waals surface area contributed by atoms with Gasteiger partial charge in [-0.2, -0.15) is 0 Å². The van der Waals surface area contributed by atoms with Crippen molar-refractivity contribution in [1.82, 2.24) is 15.0 Å². The van der Waals surface area contributed by atoms with Gasteiger partial charge in [-0.15, -0.1) is 0 Å². The van der Waals surface area contributed by atoms with Crippen molar-refractivity contribution in [3.63, 3.8) is 0 Å². The summed E-state index contributed by atoms with van der Waals surface area (Å²) in [4.78, 5) is 16.1.